The number of hydrogen-bond acceptors (Lipinski definition) is 2. The Hall–Kier alpha value is -0.870. The summed E-state index contributed by atoms with van der Waals surface area (Å²) in [6, 6.07) is 1.29. The summed E-state index contributed by atoms with van der Waals surface area (Å²) in [6.45, 7) is 2.06. The molecule has 0 aliphatic heterocycles. The Morgan fingerprint density at radius 3 is 2.90 bits per heavy atom. The summed E-state index contributed by atoms with van der Waals surface area (Å²) < 4.78 is 14.3. The lowest BCUT2D eigenvalue weighted by atomic mass is 9.71. The van der Waals surface area contributed by atoms with Crippen molar-refractivity contribution in [1.82, 2.24) is 0 Å². The number of phenolic OH excluding ortho intramolecular Hbond substituents is 1. The van der Waals surface area contributed by atoms with Gasteiger partial charge in [-0.15, -0.1) is 0 Å². The third kappa shape index (κ3) is 1.70. The van der Waals surface area contributed by atoms with Crippen LogP contribution in [0.2, 0.25) is 5.02 Å². The fraction of sp³-hybridized carbons (Fsp3) is 0.400. The first-order chi connectivity index (χ1) is 9.41. The molecule has 0 aromatic heterocycles. The van der Waals surface area contributed by atoms with Gasteiger partial charge in [0.1, 0.15) is 0 Å². The van der Waals surface area contributed by atoms with Crippen molar-refractivity contribution < 1.29 is 14.3 Å². The highest BCUT2D eigenvalue weighted by molar-refractivity contribution is 9.12. The summed E-state index contributed by atoms with van der Waals surface area (Å²) in [6.07, 6.45) is 2.71. The second-order valence-electron chi connectivity index (χ2n) is 5.47. The van der Waals surface area contributed by atoms with Crippen LogP contribution in [0.1, 0.15) is 37.3 Å². The van der Waals surface area contributed by atoms with Gasteiger partial charge in [-0.25, -0.2) is 4.39 Å². The molecule has 0 bridgehead atoms. The van der Waals surface area contributed by atoms with Crippen LogP contribution >= 0.6 is 27.5 Å². The van der Waals surface area contributed by atoms with Crippen molar-refractivity contribution in [3.63, 3.8) is 0 Å². The predicted molar refractivity (Wildman–Crippen MR) is 79.6 cm³/mol. The quantitative estimate of drug-likeness (QED) is 0.795. The Labute approximate surface area is 129 Å². The number of carbonyl (C=O) groups excluding carboxylic acids is 1. The standard InChI is InChI=1S/C15H13BrClFO2/c1-2-15-4-3-10(19)12(16)11(15)7-5-9(18)14(20)13(17)8(7)6-15/h5,20H,2-4,6H2,1H3. The molecular formula is C15H13BrClFO2. The van der Waals surface area contributed by atoms with Crippen molar-refractivity contribution in [2.45, 2.75) is 32.6 Å². The van der Waals surface area contributed by atoms with Crippen molar-refractivity contribution in [2.24, 2.45) is 5.41 Å². The van der Waals surface area contributed by atoms with E-state index in [0.717, 1.165) is 24.0 Å². The van der Waals surface area contributed by atoms with Crippen LogP contribution in [-0.2, 0) is 11.2 Å². The summed E-state index contributed by atoms with van der Waals surface area (Å²) in [5, 5.41) is 9.75. The first kappa shape index (κ1) is 14.1. The monoisotopic (exact) mass is 358 g/mol. The first-order valence-electron chi connectivity index (χ1n) is 6.55. The number of phenols is 1. The minimum atomic E-state index is -0.744. The molecule has 1 atom stereocenters. The molecule has 20 heavy (non-hydrogen) atoms. The molecule has 0 saturated carbocycles. The molecule has 5 heteroatoms. The molecule has 0 heterocycles. The zero-order valence-corrected chi connectivity index (χ0v) is 13.2. The summed E-state index contributed by atoms with van der Waals surface area (Å²) in [7, 11) is 0. The summed E-state index contributed by atoms with van der Waals surface area (Å²) in [4.78, 5) is 12.0. The van der Waals surface area contributed by atoms with Crippen molar-refractivity contribution in [3.8, 4) is 5.75 Å². The maximum Gasteiger partial charge on any atom is 0.170 e. The van der Waals surface area contributed by atoms with Gasteiger partial charge >= 0.3 is 0 Å². The summed E-state index contributed by atoms with van der Waals surface area (Å²) >= 11 is 9.48. The molecule has 0 amide bonds. The van der Waals surface area contributed by atoms with Crippen LogP contribution in [0.5, 0.6) is 5.75 Å². The highest BCUT2D eigenvalue weighted by Crippen LogP contribution is 2.58. The molecule has 0 spiro atoms. The van der Waals surface area contributed by atoms with E-state index in [0.29, 0.717) is 22.9 Å². The summed E-state index contributed by atoms with van der Waals surface area (Å²) in [5.41, 5.74) is 2.08. The van der Waals surface area contributed by atoms with Gasteiger partial charge in [-0.1, -0.05) is 18.5 Å². The zero-order chi connectivity index (χ0) is 14.7. The molecule has 0 fully saturated rings. The average Bonchev–Trinajstić information content (AvgIpc) is 2.77. The van der Waals surface area contributed by atoms with E-state index in [1.807, 2.05) is 0 Å². The number of rotatable bonds is 1. The van der Waals surface area contributed by atoms with Gasteiger partial charge in [-0.2, -0.15) is 0 Å². The first-order valence-corrected chi connectivity index (χ1v) is 7.72. The van der Waals surface area contributed by atoms with E-state index in [9.17, 15) is 14.3 Å². The Bertz CT molecular complexity index is 668. The number of halogens is 3. The lowest BCUT2D eigenvalue weighted by Gasteiger charge is -2.34. The van der Waals surface area contributed by atoms with Crippen LogP contribution < -0.4 is 0 Å². The average molecular weight is 360 g/mol. The Balaban J connectivity index is 2.34. The molecular weight excluding hydrogens is 347 g/mol. The van der Waals surface area contributed by atoms with Crippen LogP contribution in [0.4, 0.5) is 4.39 Å². The highest BCUT2D eigenvalue weighted by atomic mass is 79.9. The van der Waals surface area contributed by atoms with E-state index >= 15 is 0 Å². The number of fused-ring (bicyclic) bond motifs is 3. The second kappa shape index (κ2) is 4.57. The third-order valence-electron chi connectivity index (χ3n) is 4.58. The van der Waals surface area contributed by atoms with Crippen LogP contribution in [0, 0.1) is 11.2 Å². The molecule has 2 aliphatic carbocycles. The van der Waals surface area contributed by atoms with E-state index in [4.69, 9.17) is 11.6 Å². The predicted octanol–water partition coefficient (Wildman–Crippen LogP) is 4.61. The SMILES string of the molecule is CCC12CCC(=O)C(Br)=C1c1cc(F)c(O)c(Cl)c1C2. The van der Waals surface area contributed by atoms with Crippen LogP contribution in [0.15, 0.2) is 10.5 Å². The van der Waals surface area contributed by atoms with Crippen LogP contribution in [-0.4, -0.2) is 10.9 Å². The van der Waals surface area contributed by atoms with Crippen LogP contribution in [0.25, 0.3) is 5.57 Å². The van der Waals surface area contributed by atoms with Gasteiger partial charge in [-0.3, -0.25) is 4.79 Å². The second-order valence-corrected chi connectivity index (χ2v) is 6.64. The fourth-order valence-electron chi connectivity index (χ4n) is 3.40. The Morgan fingerprint density at radius 2 is 2.25 bits per heavy atom. The smallest absolute Gasteiger partial charge is 0.170 e. The molecule has 1 N–H and O–H groups in total. The number of aromatic hydroxyl groups is 1. The number of carbonyl (C=O) groups is 1. The number of allylic oxidation sites excluding steroid dienone is 2. The topological polar surface area (TPSA) is 37.3 Å². The van der Waals surface area contributed by atoms with Crippen molar-refractivity contribution in [1.29, 1.82) is 0 Å². The van der Waals surface area contributed by atoms with Gasteiger partial charge in [0.25, 0.3) is 0 Å². The Kier molecular flexibility index (Phi) is 3.22. The summed E-state index contributed by atoms with van der Waals surface area (Å²) in [5.74, 6) is -1.20. The van der Waals surface area contributed by atoms with Gasteiger partial charge in [0.05, 0.1) is 9.51 Å². The van der Waals surface area contributed by atoms with Crippen molar-refractivity contribution in [2.75, 3.05) is 0 Å². The maximum atomic E-state index is 13.8. The Morgan fingerprint density at radius 1 is 1.55 bits per heavy atom. The van der Waals surface area contributed by atoms with Gasteiger partial charge < -0.3 is 5.11 Å². The maximum absolute atomic E-state index is 13.8. The van der Waals surface area contributed by atoms with Gasteiger partial charge in [0, 0.05) is 11.8 Å². The molecule has 1 aromatic rings. The normalized spacial score (nSPS) is 24.9. The van der Waals surface area contributed by atoms with E-state index in [2.05, 4.69) is 22.9 Å². The van der Waals surface area contributed by atoms with Crippen molar-refractivity contribution in [3.05, 3.63) is 32.5 Å². The fourth-order valence-corrected chi connectivity index (χ4v) is 4.49. The number of benzene rings is 1. The van der Waals surface area contributed by atoms with E-state index in [1.165, 1.54) is 6.07 Å². The molecule has 1 aromatic carbocycles. The lowest BCUT2D eigenvalue weighted by molar-refractivity contribution is -0.115. The minimum absolute atomic E-state index is 0.0431. The zero-order valence-electron chi connectivity index (χ0n) is 10.9. The minimum Gasteiger partial charge on any atom is -0.504 e. The molecule has 2 nitrogen and oxygen atoms in total. The van der Waals surface area contributed by atoms with Gasteiger partial charge in [0.15, 0.2) is 17.3 Å². The highest BCUT2D eigenvalue weighted by Gasteiger charge is 2.47. The molecule has 106 valence electrons. The van der Waals surface area contributed by atoms with Crippen LogP contribution in [0.3, 0.4) is 0 Å². The van der Waals surface area contributed by atoms with Gasteiger partial charge in [-0.05, 0) is 58.0 Å². The van der Waals surface area contributed by atoms with E-state index < -0.39 is 11.6 Å². The largest absolute Gasteiger partial charge is 0.504 e. The third-order valence-corrected chi connectivity index (χ3v) is 5.83. The molecule has 2 aliphatic rings. The number of hydrogen-bond donors (Lipinski definition) is 1. The number of ketones is 1. The van der Waals surface area contributed by atoms with Crippen molar-refractivity contribution >= 4 is 38.9 Å². The molecule has 0 radical (unpaired) electrons. The molecule has 1 unspecified atom stereocenters. The molecule has 3 rings (SSSR count). The molecule has 0 saturated heterocycles. The number of Topliss-reactive ketones (excluding diaryl/α,β-unsaturated/α-hetero) is 1. The van der Waals surface area contributed by atoms with E-state index in [-0.39, 0.29) is 16.2 Å². The lowest BCUT2D eigenvalue weighted by Crippen LogP contribution is -2.26. The van der Waals surface area contributed by atoms with E-state index in [1.54, 1.807) is 0 Å². The van der Waals surface area contributed by atoms with Gasteiger partial charge in [0.2, 0.25) is 0 Å².